The normalized spacial score (nSPS) is 13.6. The van der Waals surface area contributed by atoms with E-state index >= 15 is 0 Å². The molecule has 0 spiro atoms. The molecular weight excluding hydrogens is 236 g/mol. The molecule has 0 saturated carbocycles. The van der Waals surface area contributed by atoms with Crippen LogP contribution in [0.3, 0.4) is 0 Å². The number of hydrogen-bond donors (Lipinski definition) is 1. The highest BCUT2D eigenvalue weighted by molar-refractivity contribution is 5.32. The van der Waals surface area contributed by atoms with Crippen LogP contribution in [0.15, 0.2) is 24.3 Å². The van der Waals surface area contributed by atoms with Gasteiger partial charge < -0.3 is 15.4 Å². The topological polar surface area (TPSA) is 38.5 Å². The average molecular weight is 264 g/mol. The third kappa shape index (κ3) is 5.21. The zero-order valence-electron chi connectivity index (χ0n) is 12.9. The van der Waals surface area contributed by atoms with Crippen molar-refractivity contribution in [2.24, 2.45) is 11.1 Å². The van der Waals surface area contributed by atoms with Crippen molar-refractivity contribution in [1.29, 1.82) is 0 Å². The Bertz CT molecular complexity index is 385. The van der Waals surface area contributed by atoms with Gasteiger partial charge in [-0.25, -0.2) is 0 Å². The Balaban J connectivity index is 2.49. The number of methoxy groups -OCH3 is 1. The van der Waals surface area contributed by atoms with Gasteiger partial charge in [-0.2, -0.15) is 0 Å². The Morgan fingerprint density at radius 2 is 1.89 bits per heavy atom. The molecule has 0 amide bonds. The largest absolute Gasteiger partial charge is 0.496 e. The van der Waals surface area contributed by atoms with E-state index in [1.54, 1.807) is 7.11 Å². The molecule has 108 valence electrons. The minimum Gasteiger partial charge on any atom is -0.496 e. The van der Waals surface area contributed by atoms with Gasteiger partial charge in [0.05, 0.1) is 7.11 Å². The molecule has 19 heavy (non-hydrogen) atoms. The number of hydrogen-bond acceptors (Lipinski definition) is 3. The fourth-order valence-electron chi connectivity index (χ4n) is 2.00. The molecule has 0 heterocycles. The second-order valence-corrected chi connectivity index (χ2v) is 6.31. The number of nitrogens with two attached hydrogens (primary N) is 1. The first-order valence-electron chi connectivity index (χ1n) is 6.90. The number of ether oxygens (including phenoxy) is 1. The molecule has 0 aliphatic rings. The first-order valence-corrected chi connectivity index (χ1v) is 6.90. The average Bonchev–Trinajstić information content (AvgIpc) is 2.35. The maximum Gasteiger partial charge on any atom is 0.123 e. The third-order valence-corrected chi connectivity index (χ3v) is 3.57. The van der Waals surface area contributed by atoms with Crippen LogP contribution in [0.2, 0.25) is 0 Å². The van der Waals surface area contributed by atoms with Crippen LogP contribution in [0, 0.1) is 5.41 Å². The summed E-state index contributed by atoms with van der Waals surface area (Å²) in [7, 11) is 3.84. The van der Waals surface area contributed by atoms with Gasteiger partial charge in [0.2, 0.25) is 0 Å². The Labute approximate surface area is 117 Å². The maximum absolute atomic E-state index is 6.20. The minimum absolute atomic E-state index is 0.172. The highest BCUT2D eigenvalue weighted by Crippen LogP contribution is 2.21. The number of benzene rings is 1. The van der Waals surface area contributed by atoms with E-state index in [2.05, 4.69) is 38.8 Å². The maximum atomic E-state index is 6.20. The molecular formula is C16H28N2O. The van der Waals surface area contributed by atoms with Crippen molar-refractivity contribution < 1.29 is 4.74 Å². The molecule has 1 aromatic carbocycles. The minimum atomic E-state index is 0.172. The van der Waals surface area contributed by atoms with E-state index in [9.17, 15) is 0 Å². The van der Waals surface area contributed by atoms with E-state index in [0.29, 0.717) is 0 Å². The van der Waals surface area contributed by atoms with Crippen LogP contribution in [0.1, 0.15) is 32.8 Å². The standard InChI is InChI=1S/C16H28N2O/c1-16(2,3)15(17)10-11-18(4)12-13-8-6-7-9-14(13)19-5/h6-9,15H,10-12,17H2,1-5H3. The van der Waals surface area contributed by atoms with Gasteiger partial charge in [0.1, 0.15) is 5.75 Å². The lowest BCUT2D eigenvalue weighted by molar-refractivity contribution is 0.249. The van der Waals surface area contributed by atoms with Crippen LogP contribution in [0.5, 0.6) is 5.75 Å². The van der Waals surface area contributed by atoms with Crippen molar-refractivity contribution in [1.82, 2.24) is 4.90 Å². The molecule has 0 aliphatic heterocycles. The van der Waals surface area contributed by atoms with Gasteiger partial charge >= 0.3 is 0 Å². The van der Waals surface area contributed by atoms with Gasteiger partial charge in [-0.15, -0.1) is 0 Å². The second kappa shape index (κ2) is 6.92. The summed E-state index contributed by atoms with van der Waals surface area (Å²) in [5.74, 6) is 0.953. The van der Waals surface area contributed by atoms with Gasteiger partial charge in [0.15, 0.2) is 0 Å². The highest BCUT2D eigenvalue weighted by atomic mass is 16.5. The summed E-state index contributed by atoms with van der Waals surface area (Å²) in [4.78, 5) is 2.30. The lowest BCUT2D eigenvalue weighted by atomic mass is 9.85. The Kier molecular flexibility index (Phi) is 5.83. The highest BCUT2D eigenvalue weighted by Gasteiger charge is 2.20. The van der Waals surface area contributed by atoms with Gasteiger partial charge in [0.25, 0.3) is 0 Å². The van der Waals surface area contributed by atoms with Crippen LogP contribution in [-0.2, 0) is 6.54 Å². The fraction of sp³-hybridized carbons (Fsp3) is 0.625. The summed E-state index contributed by atoms with van der Waals surface area (Å²) in [6.45, 7) is 8.46. The van der Waals surface area contributed by atoms with Crippen molar-refractivity contribution in [3.8, 4) is 5.75 Å². The molecule has 1 unspecified atom stereocenters. The van der Waals surface area contributed by atoms with Crippen molar-refractivity contribution in [3.63, 3.8) is 0 Å². The lowest BCUT2D eigenvalue weighted by Gasteiger charge is -2.29. The van der Waals surface area contributed by atoms with Gasteiger partial charge in [-0.1, -0.05) is 39.0 Å². The fourth-order valence-corrected chi connectivity index (χ4v) is 2.00. The zero-order valence-corrected chi connectivity index (χ0v) is 12.9. The second-order valence-electron chi connectivity index (χ2n) is 6.31. The van der Waals surface area contributed by atoms with Crippen LogP contribution in [-0.4, -0.2) is 31.6 Å². The van der Waals surface area contributed by atoms with Gasteiger partial charge in [-0.3, -0.25) is 0 Å². The number of para-hydroxylation sites is 1. The first-order chi connectivity index (χ1) is 8.84. The molecule has 3 nitrogen and oxygen atoms in total. The SMILES string of the molecule is COc1ccccc1CN(C)CCC(N)C(C)(C)C. The number of rotatable bonds is 6. The molecule has 1 aromatic rings. The van der Waals surface area contributed by atoms with Crippen molar-refractivity contribution in [3.05, 3.63) is 29.8 Å². The Morgan fingerprint density at radius 1 is 1.26 bits per heavy atom. The van der Waals surface area contributed by atoms with Crippen LogP contribution < -0.4 is 10.5 Å². The van der Waals surface area contributed by atoms with Gasteiger partial charge in [0, 0.05) is 18.2 Å². The molecule has 3 heteroatoms. The summed E-state index contributed by atoms with van der Waals surface area (Å²) in [5.41, 5.74) is 7.59. The predicted octanol–water partition coefficient (Wildman–Crippen LogP) is 2.89. The lowest BCUT2D eigenvalue weighted by Crippen LogP contribution is -2.37. The van der Waals surface area contributed by atoms with Crippen LogP contribution >= 0.6 is 0 Å². The molecule has 0 saturated heterocycles. The summed E-state index contributed by atoms with van der Waals surface area (Å²) < 4.78 is 5.37. The smallest absolute Gasteiger partial charge is 0.123 e. The molecule has 1 rings (SSSR count). The predicted molar refractivity (Wildman–Crippen MR) is 81.4 cm³/mol. The Hall–Kier alpha value is -1.06. The van der Waals surface area contributed by atoms with Crippen molar-refractivity contribution in [2.75, 3.05) is 20.7 Å². The molecule has 0 aliphatic carbocycles. The zero-order chi connectivity index (χ0) is 14.5. The van der Waals surface area contributed by atoms with E-state index < -0.39 is 0 Å². The van der Waals surface area contributed by atoms with E-state index in [1.807, 2.05) is 18.2 Å². The Morgan fingerprint density at radius 3 is 2.47 bits per heavy atom. The van der Waals surface area contributed by atoms with E-state index in [0.717, 1.165) is 25.3 Å². The van der Waals surface area contributed by atoms with Crippen molar-refractivity contribution in [2.45, 2.75) is 39.8 Å². The third-order valence-electron chi connectivity index (χ3n) is 3.57. The monoisotopic (exact) mass is 264 g/mol. The molecule has 1 atom stereocenters. The van der Waals surface area contributed by atoms with Gasteiger partial charge in [-0.05, 0) is 31.5 Å². The van der Waals surface area contributed by atoms with E-state index in [-0.39, 0.29) is 11.5 Å². The van der Waals surface area contributed by atoms with Crippen molar-refractivity contribution >= 4 is 0 Å². The molecule has 0 fully saturated rings. The summed E-state index contributed by atoms with van der Waals surface area (Å²) >= 11 is 0. The summed E-state index contributed by atoms with van der Waals surface area (Å²) in [5, 5.41) is 0. The quantitative estimate of drug-likeness (QED) is 0.858. The molecule has 0 aromatic heterocycles. The summed E-state index contributed by atoms with van der Waals surface area (Å²) in [6, 6.07) is 8.39. The summed E-state index contributed by atoms with van der Waals surface area (Å²) in [6.07, 6.45) is 1.01. The van der Waals surface area contributed by atoms with E-state index in [1.165, 1.54) is 5.56 Å². The first kappa shape index (κ1) is 16.0. The molecule has 0 radical (unpaired) electrons. The van der Waals surface area contributed by atoms with Crippen LogP contribution in [0.4, 0.5) is 0 Å². The number of nitrogens with zero attached hydrogens (tertiary/aromatic N) is 1. The molecule has 2 N–H and O–H groups in total. The molecule has 0 bridgehead atoms. The van der Waals surface area contributed by atoms with Crippen LogP contribution in [0.25, 0.3) is 0 Å². The van der Waals surface area contributed by atoms with E-state index in [4.69, 9.17) is 10.5 Å².